The van der Waals surface area contributed by atoms with Crippen molar-refractivity contribution < 1.29 is 0 Å². The number of hydrogen-bond donors (Lipinski definition) is 1. The highest BCUT2D eigenvalue weighted by Gasteiger charge is 2.51. The molecular formula is C14H20ClN. The maximum Gasteiger partial charge on any atom is 0.0406 e. The molecule has 2 rings (SSSR count). The first-order chi connectivity index (χ1) is 7.69. The van der Waals surface area contributed by atoms with E-state index in [4.69, 9.17) is 11.6 Å². The van der Waals surface area contributed by atoms with Gasteiger partial charge in [-0.25, -0.2) is 0 Å². The van der Waals surface area contributed by atoms with E-state index in [2.05, 4.69) is 31.3 Å². The maximum absolute atomic E-state index is 5.93. The summed E-state index contributed by atoms with van der Waals surface area (Å²) in [7, 11) is 0. The maximum atomic E-state index is 5.93. The lowest BCUT2D eigenvalue weighted by Crippen LogP contribution is -2.28. The van der Waals surface area contributed by atoms with Crippen molar-refractivity contribution >= 4 is 11.6 Å². The minimum atomic E-state index is 0.375. The van der Waals surface area contributed by atoms with E-state index >= 15 is 0 Å². The molecular weight excluding hydrogens is 218 g/mol. The quantitative estimate of drug-likeness (QED) is 0.772. The number of nitrogens with one attached hydrogen (secondary N) is 1. The van der Waals surface area contributed by atoms with Gasteiger partial charge in [0.05, 0.1) is 0 Å². The molecule has 2 heteroatoms. The van der Waals surface area contributed by atoms with E-state index in [-0.39, 0.29) is 0 Å². The van der Waals surface area contributed by atoms with Gasteiger partial charge in [-0.15, -0.1) is 0 Å². The molecule has 1 aliphatic carbocycles. The van der Waals surface area contributed by atoms with Gasteiger partial charge in [0.2, 0.25) is 0 Å². The van der Waals surface area contributed by atoms with E-state index in [1.165, 1.54) is 18.4 Å². The van der Waals surface area contributed by atoms with Gasteiger partial charge in [0, 0.05) is 17.0 Å². The second kappa shape index (κ2) is 4.77. The Morgan fingerprint density at radius 2 is 2.00 bits per heavy atom. The van der Waals surface area contributed by atoms with Crippen LogP contribution in [0.25, 0.3) is 0 Å². The Hall–Kier alpha value is -0.530. The number of hydrogen-bond acceptors (Lipinski definition) is 1. The normalized spacial score (nSPS) is 28.1. The second-order valence-electron chi connectivity index (χ2n) is 4.94. The predicted octanol–water partition coefficient (Wildman–Crippen LogP) is 3.62. The van der Waals surface area contributed by atoms with Gasteiger partial charge >= 0.3 is 0 Å². The first kappa shape index (κ1) is 11.9. The van der Waals surface area contributed by atoms with Crippen molar-refractivity contribution in [2.24, 2.45) is 5.92 Å². The fourth-order valence-electron chi connectivity index (χ4n) is 2.51. The average Bonchev–Trinajstić information content (AvgIpc) is 2.92. The molecule has 0 heterocycles. The third-order valence-corrected chi connectivity index (χ3v) is 3.99. The summed E-state index contributed by atoms with van der Waals surface area (Å²) in [5, 5.41) is 4.38. The van der Waals surface area contributed by atoms with Crippen LogP contribution in [-0.4, -0.2) is 13.1 Å². The molecule has 0 aliphatic heterocycles. The van der Waals surface area contributed by atoms with Crippen LogP contribution in [0.2, 0.25) is 5.02 Å². The highest BCUT2D eigenvalue weighted by Crippen LogP contribution is 2.53. The Bertz CT molecular complexity index is 346. The summed E-state index contributed by atoms with van der Waals surface area (Å²) < 4.78 is 0. The molecule has 1 aromatic carbocycles. The number of rotatable bonds is 5. The van der Waals surface area contributed by atoms with Crippen molar-refractivity contribution in [1.82, 2.24) is 5.32 Å². The minimum absolute atomic E-state index is 0.375. The molecule has 1 saturated carbocycles. The third kappa shape index (κ3) is 2.26. The zero-order valence-electron chi connectivity index (χ0n) is 10.1. The molecule has 1 aromatic rings. The van der Waals surface area contributed by atoms with Crippen LogP contribution in [0.15, 0.2) is 24.3 Å². The molecule has 0 amide bonds. The molecule has 0 bridgehead atoms. The molecule has 16 heavy (non-hydrogen) atoms. The highest BCUT2D eigenvalue weighted by atomic mass is 35.5. The summed E-state index contributed by atoms with van der Waals surface area (Å²) >= 11 is 5.93. The second-order valence-corrected chi connectivity index (χ2v) is 5.38. The molecule has 0 radical (unpaired) electrons. The van der Waals surface area contributed by atoms with Gasteiger partial charge in [0.1, 0.15) is 0 Å². The standard InChI is InChI=1S/C14H20ClN/c1-3-8-16-10-14(9-11(14)2)12-4-6-13(15)7-5-12/h4-7,11,16H,3,8-10H2,1-2H3. The largest absolute Gasteiger partial charge is 0.316 e. The zero-order chi connectivity index (χ0) is 11.6. The lowest BCUT2D eigenvalue weighted by Gasteiger charge is -2.18. The van der Waals surface area contributed by atoms with E-state index in [0.29, 0.717) is 5.41 Å². The van der Waals surface area contributed by atoms with Gasteiger partial charge < -0.3 is 5.32 Å². The molecule has 1 N–H and O–H groups in total. The van der Waals surface area contributed by atoms with Crippen LogP contribution in [-0.2, 0) is 5.41 Å². The minimum Gasteiger partial charge on any atom is -0.316 e. The van der Waals surface area contributed by atoms with Crippen molar-refractivity contribution in [3.63, 3.8) is 0 Å². The summed E-state index contributed by atoms with van der Waals surface area (Å²) in [6.07, 6.45) is 2.50. The van der Waals surface area contributed by atoms with E-state index in [1.807, 2.05) is 12.1 Å². The summed E-state index contributed by atoms with van der Waals surface area (Å²) in [6, 6.07) is 8.37. The van der Waals surface area contributed by atoms with Crippen LogP contribution in [0.1, 0.15) is 32.3 Å². The molecule has 88 valence electrons. The Labute approximate surface area is 103 Å². The summed E-state index contributed by atoms with van der Waals surface area (Å²) in [5.74, 6) is 0.790. The Morgan fingerprint density at radius 1 is 1.38 bits per heavy atom. The van der Waals surface area contributed by atoms with Gasteiger partial charge in [-0.3, -0.25) is 0 Å². The molecule has 0 spiro atoms. The number of halogens is 1. The van der Waals surface area contributed by atoms with Crippen LogP contribution in [0.4, 0.5) is 0 Å². The number of benzene rings is 1. The molecule has 1 aliphatic rings. The fraction of sp³-hybridized carbons (Fsp3) is 0.571. The van der Waals surface area contributed by atoms with E-state index in [0.717, 1.165) is 24.0 Å². The Morgan fingerprint density at radius 3 is 2.50 bits per heavy atom. The highest BCUT2D eigenvalue weighted by molar-refractivity contribution is 6.30. The summed E-state index contributed by atoms with van der Waals surface area (Å²) in [6.45, 7) is 6.76. The molecule has 2 atom stereocenters. The average molecular weight is 238 g/mol. The SMILES string of the molecule is CCCNCC1(c2ccc(Cl)cc2)CC1C. The van der Waals surface area contributed by atoms with Crippen LogP contribution < -0.4 is 5.32 Å². The molecule has 2 unspecified atom stereocenters. The van der Waals surface area contributed by atoms with Crippen molar-refractivity contribution in [1.29, 1.82) is 0 Å². The summed E-state index contributed by atoms with van der Waals surface area (Å²) in [5.41, 5.74) is 1.81. The molecule has 1 nitrogen and oxygen atoms in total. The topological polar surface area (TPSA) is 12.0 Å². The van der Waals surface area contributed by atoms with Gasteiger partial charge in [-0.2, -0.15) is 0 Å². The summed E-state index contributed by atoms with van der Waals surface area (Å²) in [4.78, 5) is 0. The Balaban J connectivity index is 2.07. The van der Waals surface area contributed by atoms with Gasteiger partial charge in [-0.05, 0) is 43.0 Å². The van der Waals surface area contributed by atoms with E-state index in [9.17, 15) is 0 Å². The Kier molecular flexibility index (Phi) is 3.56. The van der Waals surface area contributed by atoms with Crippen molar-refractivity contribution in [3.05, 3.63) is 34.9 Å². The van der Waals surface area contributed by atoms with Gasteiger partial charge in [0.25, 0.3) is 0 Å². The van der Waals surface area contributed by atoms with Gasteiger partial charge in [0.15, 0.2) is 0 Å². The third-order valence-electron chi connectivity index (χ3n) is 3.74. The molecule has 0 saturated heterocycles. The van der Waals surface area contributed by atoms with E-state index in [1.54, 1.807) is 0 Å². The lowest BCUT2D eigenvalue weighted by molar-refractivity contribution is 0.541. The lowest BCUT2D eigenvalue weighted by atomic mass is 9.93. The predicted molar refractivity (Wildman–Crippen MR) is 70.1 cm³/mol. The first-order valence-electron chi connectivity index (χ1n) is 6.16. The monoisotopic (exact) mass is 237 g/mol. The smallest absolute Gasteiger partial charge is 0.0406 e. The van der Waals surface area contributed by atoms with Crippen molar-refractivity contribution in [2.45, 2.75) is 32.1 Å². The van der Waals surface area contributed by atoms with Gasteiger partial charge in [-0.1, -0.05) is 37.6 Å². The van der Waals surface area contributed by atoms with Crippen molar-refractivity contribution in [2.75, 3.05) is 13.1 Å². The van der Waals surface area contributed by atoms with Crippen LogP contribution >= 0.6 is 11.6 Å². The fourth-order valence-corrected chi connectivity index (χ4v) is 2.63. The van der Waals surface area contributed by atoms with Crippen LogP contribution in [0.5, 0.6) is 0 Å². The van der Waals surface area contributed by atoms with E-state index < -0.39 is 0 Å². The zero-order valence-corrected chi connectivity index (χ0v) is 10.8. The van der Waals surface area contributed by atoms with Crippen molar-refractivity contribution in [3.8, 4) is 0 Å². The molecule has 0 aromatic heterocycles. The van der Waals surface area contributed by atoms with Crippen LogP contribution in [0.3, 0.4) is 0 Å². The molecule has 1 fully saturated rings. The van der Waals surface area contributed by atoms with Crippen LogP contribution in [0, 0.1) is 5.92 Å². The first-order valence-corrected chi connectivity index (χ1v) is 6.53.